The zero-order chi connectivity index (χ0) is 9.14. The number of hydrogen-bond acceptors (Lipinski definition) is 3. The van der Waals surface area contributed by atoms with Gasteiger partial charge in [-0.1, -0.05) is 0 Å². The summed E-state index contributed by atoms with van der Waals surface area (Å²) in [4.78, 5) is 12.8. The molecule has 1 saturated heterocycles. The molecule has 0 bridgehead atoms. The van der Waals surface area contributed by atoms with Crippen LogP contribution < -0.4 is 0 Å². The van der Waals surface area contributed by atoms with Gasteiger partial charge in [0.25, 0.3) is 0 Å². The Morgan fingerprint density at radius 2 is 2.58 bits per heavy atom. The minimum absolute atomic E-state index is 0.0546. The number of likely N-dealkylation sites (tertiary alicyclic amines) is 1. The Balaban J connectivity index is 2.72. The van der Waals surface area contributed by atoms with E-state index in [1.807, 2.05) is 6.07 Å². The molecule has 0 N–H and O–H groups in total. The van der Waals surface area contributed by atoms with Gasteiger partial charge in [0.05, 0.1) is 6.07 Å². The highest BCUT2D eigenvalue weighted by Gasteiger charge is 2.27. The van der Waals surface area contributed by atoms with Gasteiger partial charge in [-0.2, -0.15) is 17.9 Å². The fourth-order valence-corrected chi connectivity index (χ4v) is 1.52. The summed E-state index contributed by atoms with van der Waals surface area (Å²) in [5.74, 6) is 0.0546. The number of nitriles is 1. The average molecular weight is 182 g/mol. The number of allylic oxidation sites excluding steroid dienone is 2. The van der Waals surface area contributed by atoms with Crippen molar-refractivity contribution in [3.05, 3.63) is 11.8 Å². The van der Waals surface area contributed by atoms with E-state index in [2.05, 4.69) is 12.6 Å². The maximum Gasteiger partial charge on any atom is 0.227 e. The van der Waals surface area contributed by atoms with E-state index in [4.69, 9.17) is 5.26 Å². The molecule has 1 fully saturated rings. The van der Waals surface area contributed by atoms with Crippen LogP contribution in [0, 0.1) is 11.3 Å². The number of amides is 1. The van der Waals surface area contributed by atoms with Crippen LogP contribution in [0.25, 0.3) is 0 Å². The van der Waals surface area contributed by atoms with E-state index in [0.29, 0.717) is 18.7 Å². The summed E-state index contributed by atoms with van der Waals surface area (Å²) >= 11 is 4.20. The first-order valence-corrected chi connectivity index (χ1v) is 4.21. The molecule has 1 heterocycles. The first-order chi connectivity index (χ1) is 5.65. The van der Waals surface area contributed by atoms with Crippen LogP contribution in [0.1, 0.15) is 13.3 Å². The van der Waals surface area contributed by atoms with E-state index in [-0.39, 0.29) is 11.2 Å². The fraction of sp³-hybridized carbons (Fsp3) is 0.500. The van der Waals surface area contributed by atoms with E-state index < -0.39 is 0 Å². The Labute approximate surface area is 77.1 Å². The third kappa shape index (κ3) is 1.80. The SMILES string of the molecule is CC(=CC#N)N1CC(S)CC1=O. The monoisotopic (exact) mass is 182 g/mol. The van der Waals surface area contributed by atoms with Crippen molar-refractivity contribution in [2.45, 2.75) is 18.6 Å². The third-order valence-corrected chi connectivity index (χ3v) is 2.15. The van der Waals surface area contributed by atoms with Gasteiger partial charge in [0, 0.05) is 30.0 Å². The minimum atomic E-state index is 0.0546. The maximum absolute atomic E-state index is 11.2. The summed E-state index contributed by atoms with van der Waals surface area (Å²) in [5, 5.41) is 8.48. The number of thiol groups is 1. The Morgan fingerprint density at radius 1 is 1.92 bits per heavy atom. The summed E-state index contributed by atoms with van der Waals surface area (Å²) in [6.07, 6.45) is 1.85. The molecule has 1 unspecified atom stereocenters. The highest BCUT2D eigenvalue weighted by atomic mass is 32.1. The number of nitrogens with zero attached hydrogens (tertiary/aromatic N) is 2. The van der Waals surface area contributed by atoms with Crippen LogP contribution in [-0.4, -0.2) is 22.6 Å². The Hall–Kier alpha value is -0.950. The van der Waals surface area contributed by atoms with E-state index >= 15 is 0 Å². The molecule has 0 spiro atoms. The molecule has 0 aromatic heterocycles. The van der Waals surface area contributed by atoms with Crippen molar-refractivity contribution in [1.82, 2.24) is 4.90 Å². The molecule has 1 rings (SSSR count). The lowest BCUT2D eigenvalue weighted by Crippen LogP contribution is -2.22. The molecule has 1 atom stereocenters. The van der Waals surface area contributed by atoms with Gasteiger partial charge in [0.15, 0.2) is 0 Å². The summed E-state index contributed by atoms with van der Waals surface area (Å²) in [6.45, 7) is 2.37. The van der Waals surface area contributed by atoms with Crippen LogP contribution in [-0.2, 0) is 4.79 Å². The van der Waals surface area contributed by atoms with Crippen LogP contribution in [0.15, 0.2) is 11.8 Å². The number of carbonyl (C=O) groups is 1. The molecule has 1 aliphatic heterocycles. The lowest BCUT2D eigenvalue weighted by atomic mass is 10.4. The first-order valence-electron chi connectivity index (χ1n) is 3.70. The molecule has 4 heteroatoms. The molecule has 64 valence electrons. The van der Waals surface area contributed by atoms with Crippen molar-refractivity contribution in [3.63, 3.8) is 0 Å². The molecule has 0 aliphatic carbocycles. The van der Waals surface area contributed by atoms with Crippen molar-refractivity contribution in [1.29, 1.82) is 5.26 Å². The molecule has 0 radical (unpaired) electrons. The molecule has 3 nitrogen and oxygen atoms in total. The lowest BCUT2D eigenvalue weighted by molar-refractivity contribution is -0.126. The Kier molecular flexibility index (Phi) is 2.77. The fourth-order valence-electron chi connectivity index (χ4n) is 1.20. The third-order valence-electron chi connectivity index (χ3n) is 1.80. The first kappa shape index (κ1) is 9.14. The highest BCUT2D eigenvalue weighted by molar-refractivity contribution is 7.81. The van der Waals surface area contributed by atoms with Crippen LogP contribution in [0.5, 0.6) is 0 Å². The predicted molar refractivity (Wildman–Crippen MR) is 48.5 cm³/mol. The predicted octanol–water partition coefficient (Wildman–Crippen LogP) is 0.944. The largest absolute Gasteiger partial charge is 0.315 e. The van der Waals surface area contributed by atoms with Gasteiger partial charge in [-0.25, -0.2) is 0 Å². The Morgan fingerprint density at radius 3 is 3.00 bits per heavy atom. The maximum atomic E-state index is 11.2. The minimum Gasteiger partial charge on any atom is -0.315 e. The lowest BCUT2D eigenvalue weighted by Gasteiger charge is -2.14. The second kappa shape index (κ2) is 3.63. The zero-order valence-electron chi connectivity index (χ0n) is 6.82. The molecule has 12 heavy (non-hydrogen) atoms. The topological polar surface area (TPSA) is 44.1 Å². The number of carbonyl (C=O) groups excluding carboxylic acids is 1. The number of hydrogen-bond donors (Lipinski definition) is 1. The second-order valence-corrected chi connectivity index (χ2v) is 3.51. The van der Waals surface area contributed by atoms with E-state index in [9.17, 15) is 4.79 Å². The van der Waals surface area contributed by atoms with E-state index in [1.54, 1.807) is 11.8 Å². The average Bonchev–Trinajstić information content (AvgIpc) is 2.30. The van der Waals surface area contributed by atoms with Crippen molar-refractivity contribution in [2.24, 2.45) is 0 Å². The summed E-state index contributed by atoms with van der Waals surface area (Å²) < 4.78 is 0. The Bertz CT molecular complexity index is 267. The van der Waals surface area contributed by atoms with Gasteiger partial charge in [0.2, 0.25) is 5.91 Å². The molecule has 0 aromatic carbocycles. The van der Waals surface area contributed by atoms with Gasteiger partial charge in [0.1, 0.15) is 0 Å². The van der Waals surface area contributed by atoms with Crippen molar-refractivity contribution in [3.8, 4) is 6.07 Å². The summed E-state index contributed by atoms with van der Waals surface area (Å²) in [7, 11) is 0. The van der Waals surface area contributed by atoms with Gasteiger partial charge in [-0.3, -0.25) is 4.79 Å². The highest BCUT2D eigenvalue weighted by Crippen LogP contribution is 2.19. The summed E-state index contributed by atoms with van der Waals surface area (Å²) in [6, 6.07) is 1.90. The summed E-state index contributed by atoms with van der Waals surface area (Å²) in [5.41, 5.74) is 0.707. The van der Waals surface area contributed by atoms with Crippen molar-refractivity contribution < 1.29 is 4.79 Å². The van der Waals surface area contributed by atoms with Gasteiger partial charge < -0.3 is 4.90 Å². The molecular formula is C8H10N2OS. The molecule has 0 saturated carbocycles. The van der Waals surface area contributed by atoms with Gasteiger partial charge in [-0.05, 0) is 6.92 Å². The van der Waals surface area contributed by atoms with Crippen molar-refractivity contribution >= 4 is 18.5 Å². The van der Waals surface area contributed by atoms with Crippen LogP contribution >= 0.6 is 12.6 Å². The quantitative estimate of drug-likeness (QED) is 0.484. The molecule has 1 amide bonds. The van der Waals surface area contributed by atoms with Crippen LogP contribution in [0.4, 0.5) is 0 Å². The second-order valence-electron chi connectivity index (χ2n) is 2.78. The molecule has 0 aromatic rings. The number of rotatable bonds is 1. The molecular weight excluding hydrogens is 172 g/mol. The van der Waals surface area contributed by atoms with Crippen LogP contribution in [0.3, 0.4) is 0 Å². The smallest absolute Gasteiger partial charge is 0.227 e. The van der Waals surface area contributed by atoms with E-state index in [0.717, 1.165) is 0 Å². The normalized spacial score (nSPS) is 24.4. The standard InChI is InChI=1S/C8H10N2OS/c1-6(2-3-9)10-5-7(12)4-8(10)11/h2,7,12H,4-5H2,1H3. The molecule has 1 aliphatic rings. The zero-order valence-corrected chi connectivity index (χ0v) is 7.71. The van der Waals surface area contributed by atoms with E-state index in [1.165, 1.54) is 6.08 Å². The van der Waals surface area contributed by atoms with Crippen LogP contribution in [0.2, 0.25) is 0 Å². The van der Waals surface area contributed by atoms with Crippen molar-refractivity contribution in [2.75, 3.05) is 6.54 Å². The van der Waals surface area contributed by atoms with Gasteiger partial charge in [-0.15, -0.1) is 0 Å². The van der Waals surface area contributed by atoms with Gasteiger partial charge >= 0.3 is 0 Å².